The molecule has 114 valence electrons. The van der Waals surface area contributed by atoms with Gasteiger partial charge in [0.1, 0.15) is 0 Å². The Kier molecular flexibility index (Phi) is 6.67. The third kappa shape index (κ3) is 4.62. The second-order valence-electron chi connectivity index (χ2n) is 6.01. The summed E-state index contributed by atoms with van der Waals surface area (Å²) < 4.78 is 1.70. The van der Waals surface area contributed by atoms with Gasteiger partial charge < -0.3 is 5.32 Å². The summed E-state index contributed by atoms with van der Waals surface area (Å²) in [7, 11) is 0. The molecule has 1 nitrogen and oxygen atoms in total. The molecule has 4 heteroatoms. The van der Waals surface area contributed by atoms with E-state index in [0.29, 0.717) is 5.41 Å². The molecule has 20 heavy (non-hydrogen) atoms. The maximum Gasteiger partial charge on any atom is 0.0976 e. The highest BCUT2D eigenvalue weighted by atomic mass is 35.5. The molecule has 1 aromatic heterocycles. The maximum atomic E-state index is 6.26. The molecule has 0 atom stereocenters. The number of aryl methyl sites for hydroxylation is 1. The smallest absolute Gasteiger partial charge is 0.0976 e. The van der Waals surface area contributed by atoms with Crippen LogP contribution in [-0.2, 0) is 6.42 Å². The highest BCUT2D eigenvalue weighted by Gasteiger charge is 2.31. The van der Waals surface area contributed by atoms with E-state index in [9.17, 15) is 0 Å². The van der Waals surface area contributed by atoms with Crippen molar-refractivity contribution in [3.63, 3.8) is 0 Å². The van der Waals surface area contributed by atoms with Crippen molar-refractivity contribution in [2.24, 2.45) is 5.41 Å². The first-order chi connectivity index (χ1) is 9.65. The molecule has 1 fully saturated rings. The highest BCUT2D eigenvalue weighted by Crippen LogP contribution is 2.44. The van der Waals surface area contributed by atoms with Gasteiger partial charge in [-0.1, -0.05) is 49.4 Å². The van der Waals surface area contributed by atoms with Gasteiger partial charge in [-0.2, -0.15) is 0 Å². The summed E-state index contributed by atoms with van der Waals surface area (Å²) >= 11 is 13.8. The second kappa shape index (κ2) is 8.03. The van der Waals surface area contributed by atoms with Crippen LogP contribution in [0.3, 0.4) is 0 Å². The molecule has 0 aromatic carbocycles. The van der Waals surface area contributed by atoms with Gasteiger partial charge in [0.25, 0.3) is 0 Å². The number of thiophene rings is 1. The second-order valence-corrected chi connectivity index (χ2v) is 8.30. The van der Waals surface area contributed by atoms with Gasteiger partial charge in [0, 0.05) is 0 Å². The van der Waals surface area contributed by atoms with Gasteiger partial charge in [-0.05, 0) is 62.2 Å². The molecule has 1 N–H and O–H groups in total. The van der Waals surface area contributed by atoms with Gasteiger partial charge in [-0.25, -0.2) is 0 Å². The molecule has 1 saturated carbocycles. The van der Waals surface area contributed by atoms with E-state index in [1.54, 1.807) is 0 Å². The van der Waals surface area contributed by atoms with E-state index in [1.165, 1.54) is 61.8 Å². The average Bonchev–Trinajstić information content (AvgIpc) is 2.76. The maximum absolute atomic E-state index is 6.26. The van der Waals surface area contributed by atoms with Gasteiger partial charge in [-0.15, -0.1) is 11.3 Å². The third-order valence-electron chi connectivity index (χ3n) is 4.65. The van der Waals surface area contributed by atoms with Crippen LogP contribution in [0.15, 0.2) is 6.07 Å². The first-order valence-corrected chi connectivity index (χ1v) is 9.37. The number of nitrogens with one attached hydrogen (secondary N) is 1. The quantitative estimate of drug-likeness (QED) is 0.609. The number of hydrogen-bond donors (Lipinski definition) is 1. The average molecular weight is 334 g/mol. The van der Waals surface area contributed by atoms with Crippen LogP contribution in [0, 0.1) is 5.41 Å². The lowest BCUT2D eigenvalue weighted by Gasteiger charge is -2.38. The van der Waals surface area contributed by atoms with E-state index in [0.717, 1.165) is 28.2 Å². The SMILES string of the molecule is CCNCCC1(CCc2cc(Cl)sc2Cl)CCCCC1. The predicted octanol–water partition coefficient (Wildman–Crippen LogP) is 5.94. The van der Waals surface area contributed by atoms with Gasteiger partial charge in [0.05, 0.1) is 8.67 Å². The van der Waals surface area contributed by atoms with Crippen LogP contribution in [0.25, 0.3) is 0 Å². The van der Waals surface area contributed by atoms with Crippen LogP contribution >= 0.6 is 34.5 Å². The molecular weight excluding hydrogens is 309 g/mol. The molecule has 0 radical (unpaired) electrons. The molecular formula is C16H25Cl2NS. The standard InChI is InChI=1S/C16H25Cl2NS/c1-2-19-11-10-16(7-4-3-5-8-16)9-6-13-12-14(17)20-15(13)18/h12,19H,2-11H2,1H3. The molecule has 0 bridgehead atoms. The van der Waals surface area contributed by atoms with Crippen molar-refractivity contribution in [3.05, 3.63) is 20.3 Å². The minimum Gasteiger partial charge on any atom is -0.317 e. The van der Waals surface area contributed by atoms with Crippen molar-refractivity contribution in [2.45, 2.75) is 58.3 Å². The molecule has 2 rings (SSSR count). The molecule has 0 aliphatic heterocycles. The molecule has 1 aliphatic carbocycles. The van der Waals surface area contributed by atoms with Crippen LogP contribution in [0.4, 0.5) is 0 Å². The molecule has 0 spiro atoms. The normalized spacial score (nSPS) is 18.4. The summed E-state index contributed by atoms with van der Waals surface area (Å²) in [6.45, 7) is 4.40. The minimum atomic E-state index is 0.526. The zero-order valence-electron chi connectivity index (χ0n) is 12.3. The topological polar surface area (TPSA) is 12.0 Å². The van der Waals surface area contributed by atoms with Crippen LogP contribution in [0.2, 0.25) is 8.67 Å². The van der Waals surface area contributed by atoms with Crippen LogP contribution in [0.1, 0.15) is 57.4 Å². The lowest BCUT2D eigenvalue weighted by molar-refractivity contribution is 0.157. The Balaban J connectivity index is 1.94. The summed E-state index contributed by atoms with van der Waals surface area (Å²) in [6.07, 6.45) is 10.6. The summed E-state index contributed by atoms with van der Waals surface area (Å²) in [5.41, 5.74) is 1.77. The van der Waals surface area contributed by atoms with Crippen molar-refractivity contribution >= 4 is 34.5 Å². The molecule has 0 amide bonds. The molecule has 0 saturated heterocycles. The minimum absolute atomic E-state index is 0.526. The van der Waals surface area contributed by atoms with Crippen molar-refractivity contribution in [3.8, 4) is 0 Å². The lowest BCUT2D eigenvalue weighted by atomic mass is 9.68. The van der Waals surface area contributed by atoms with Crippen molar-refractivity contribution in [2.75, 3.05) is 13.1 Å². The summed E-state index contributed by atoms with van der Waals surface area (Å²) in [4.78, 5) is 0. The van der Waals surface area contributed by atoms with Crippen LogP contribution in [-0.4, -0.2) is 13.1 Å². The van der Waals surface area contributed by atoms with E-state index in [1.807, 2.05) is 0 Å². The fraction of sp³-hybridized carbons (Fsp3) is 0.750. The fourth-order valence-electron chi connectivity index (χ4n) is 3.40. The molecule has 1 heterocycles. The zero-order chi connectivity index (χ0) is 14.4. The summed E-state index contributed by atoms with van der Waals surface area (Å²) in [5, 5.41) is 3.49. The van der Waals surface area contributed by atoms with Gasteiger partial charge in [-0.3, -0.25) is 0 Å². The Labute approximate surface area is 137 Å². The number of halogens is 2. The van der Waals surface area contributed by atoms with Crippen molar-refractivity contribution in [1.29, 1.82) is 0 Å². The Morgan fingerprint density at radius 1 is 1.20 bits per heavy atom. The van der Waals surface area contributed by atoms with E-state index in [-0.39, 0.29) is 0 Å². The Bertz CT molecular complexity index is 411. The monoisotopic (exact) mass is 333 g/mol. The van der Waals surface area contributed by atoms with Crippen molar-refractivity contribution < 1.29 is 0 Å². The van der Waals surface area contributed by atoms with Gasteiger partial charge in [0.2, 0.25) is 0 Å². The Morgan fingerprint density at radius 3 is 2.55 bits per heavy atom. The zero-order valence-corrected chi connectivity index (χ0v) is 14.6. The van der Waals surface area contributed by atoms with E-state index < -0.39 is 0 Å². The molecule has 1 aliphatic rings. The molecule has 0 unspecified atom stereocenters. The first-order valence-electron chi connectivity index (χ1n) is 7.80. The van der Waals surface area contributed by atoms with Crippen LogP contribution in [0.5, 0.6) is 0 Å². The van der Waals surface area contributed by atoms with E-state index in [4.69, 9.17) is 23.2 Å². The molecule has 1 aromatic rings. The first kappa shape index (κ1) is 16.6. The largest absolute Gasteiger partial charge is 0.317 e. The highest BCUT2D eigenvalue weighted by molar-refractivity contribution is 7.20. The summed E-state index contributed by atoms with van der Waals surface area (Å²) in [6, 6.07) is 2.05. The van der Waals surface area contributed by atoms with E-state index in [2.05, 4.69) is 18.3 Å². The van der Waals surface area contributed by atoms with Gasteiger partial charge in [0.15, 0.2) is 0 Å². The van der Waals surface area contributed by atoms with Crippen LogP contribution < -0.4 is 5.32 Å². The van der Waals surface area contributed by atoms with Gasteiger partial charge >= 0.3 is 0 Å². The number of rotatable bonds is 7. The van der Waals surface area contributed by atoms with Crippen molar-refractivity contribution in [1.82, 2.24) is 5.32 Å². The third-order valence-corrected chi connectivity index (χ3v) is 6.22. The fourth-order valence-corrected chi connectivity index (χ4v) is 4.95. The number of hydrogen-bond acceptors (Lipinski definition) is 2. The Hall–Kier alpha value is 0.240. The predicted molar refractivity (Wildman–Crippen MR) is 91.3 cm³/mol. The van der Waals surface area contributed by atoms with E-state index >= 15 is 0 Å². The summed E-state index contributed by atoms with van der Waals surface area (Å²) in [5.74, 6) is 0. The Morgan fingerprint density at radius 2 is 1.95 bits per heavy atom. The lowest BCUT2D eigenvalue weighted by Crippen LogP contribution is -2.29.